The van der Waals surface area contributed by atoms with E-state index in [1.807, 2.05) is 48.5 Å². The minimum Gasteiger partial charge on any atom is -0.451 e. The Hall–Kier alpha value is -7.08. The van der Waals surface area contributed by atoms with Crippen molar-refractivity contribution in [2.45, 2.75) is 0 Å². The first-order valence-electron chi connectivity index (χ1n) is 15.6. The number of benzene rings is 7. The molecule has 0 radical (unpaired) electrons. The van der Waals surface area contributed by atoms with Crippen LogP contribution in [0.2, 0.25) is 0 Å². The Bertz CT molecular complexity index is 2260. The van der Waals surface area contributed by atoms with Gasteiger partial charge in [-0.05, 0) is 94.3 Å². The number of carbonyl (C=O) groups excluding carboxylic acids is 2. The van der Waals surface area contributed by atoms with Crippen molar-refractivity contribution in [3.8, 4) is 34.5 Å². The second-order valence-corrected chi connectivity index (χ2v) is 11.2. The lowest BCUT2D eigenvalue weighted by molar-refractivity contribution is 0.214. The summed E-state index contributed by atoms with van der Waals surface area (Å²) in [5, 5.41) is 8.70. The number of ether oxygens (including phenoxy) is 4. The van der Waals surface area contributed by atoms with Gasteiger partial charge in [-0.1, -0.05) is 60.7 Å². The summed E-state index contributed by atoms with van der Waals surface area (Å²) in [5.41, 5.74) is 0.478. The smallest absolute Gasteiger partial charge is 0.417 e. The molecule has 8 nitrogen and oxygen atoms in total. The Morgan fingerprint density at radius 1 is 0.404 bits per heavy atom. The number of amides is 2. The standard InChI is InChI=1S/C40H24F4N2O6/c41-33-35(43)38(50-30-19-13-28(14-20-30)46-40(48)52-32-16-10-24-6-2-4-8-26(24)22-32)36(44)34(42)37(33)49-29-17-11-27(12-18-29)45-39(47)51-31-15-9-23-5-1-3-7-25(23)21-31/h1-22H,(H,45,47)(H,46,48). The van der Waals surface area contributed by atoms with Gasteiger partial charge in [0, 0.05) is 11.4 Å². The molecule has 7 aromatic carbocycles. The Labute approximate surface area is 292 Å². The number of rotatable bonds is 8. The van der Waals surface area contributed by atoms with Crippen LogP contribution in [0.3, 0.4) is 0 Å². The fourth-order valence-corrected chi connectivity index (χ4v) is 5.18. The van der Waals surface area contributed by atoms with E-state index in [0.29, 0.717) is 11.5 Å². The number of carbonyl (C=O) groups is 2. The first-order chi connectivity index (χ1) is 25.2. The van der Waals surface area contributed by atoms with E-state index in [9.17, 15) is 27.2 Å². The molecule has 0 heterocycles. The fourth-order valence-electron chi connectivity index (χ4n) is 5.18. The Morgan fingerprint density at radius 3 is 1.10 bits per heavy atom. The van der Waals surface area contributed by atoms with Crippen LogP contribution in [-0.4, -0.2) is 12.2 Å². The molecule has 0 aromatic heterocycles. The first kappa shape index (κ1) is 33.4. The summed E-state index contributed by atoms with van der Waals surface area (Å²) in [6.45, 7) is 0. The van der Waals surface area contributed by atoms with Crippen LogP contribution in [0, 0.1) is 23.3 Å². The van der Waals surface area contributed by atoms with E-state index >= 15 is 0 Å². The molecule has 52 heavy (non-hydrogen) atoms. The normalized spacial score (nSPS) is 10.8. The topological polar surface area (TPSA) is 95.1 Å². The van der Waals surface area contributed by atoms with E-state index in [4.69, 9.17) is 18.9 Å². The van der Waals surface area contributed by atoms with Gasteiger partial charge in [0.15, 0.2) is 0 Å². The molecule has 0 spiro atoms. The molecule has 258 valence electrons. The van der Waals surface area contributed by atoms with Crippen molar-refractivity contribution in [3.63, 3.8) is 0 Å². The van der Waals surface area contributed by atoms with Crippen molar-refractivity contribution in [2.24, 2.45) is 0 Å². The highest BCUT2D eigenvalue weighted by Gasteiger charge is 2.29. The van der Waals surface area contributed by atoms with E-state index in [1.54, 1.807) is 36.4 Å². The number of nitrogens with one attached hydrogen (secondary N) is 2. The van der Waals surface area contributed by atoms with E-state index in [-0.39, 0.29) is 22.9 Å². The summed E-state index contributed by atoms with van der Waals surface area (Å²) in [4.78, 5) is 24.8. The summed E-state index contributed by atoms with van der Waals surface area (Å²) in [5.74, 6) is -9.83. The molecule has 0 aliphatic carbocycles. The molecular formula is C40H24F4N2O6. The van der Waals surface area contributed by atoms with E-state index in [2.05, 4.69) is 10.6 Å². The lowest BCUT2D eigenvalue weighted by Gasteiger charge is -2.14. The lowest BCUT2D eigenvalue weighted by atomic mass is 10.1. The number of hydrogen-bond donors (Lipinski definition) is 2. The van der Waals surface area contributed by atoms with Crippen LogP contribution < -0.4 is 29.6 Å². The molecule has 0 saturated carbocycles. The average Bonchev–Trinajstić information content (AvgIpc) is 3.15. The van der Waals surface area contributed by atoms with Crippen molar-refractivity contribution < 1.29 is 46.1 Å². The summed E-state index contributed by atoms with van der Waals surface area (Å²) in [6, 6.07) is 35.6. The van der Waals surface area contributed by atoms with Gasteiger partial charge in [-0.25, -0.2) is 9.59 Å². The number of halogens is 4. The quantitative estimate of drug-likeness (QED) is 0.121. The summed E-state index contributed by atoms with van der Waals surface area (Å²) < 4.78 is 80.9. The van der Waals surface area contributed by atoms with Gasteiger partial charge in [-0.2, -0.15) is 17.6 Å². The van der Waals surface area contributed by atoms with Crippen LogP contribution in [0.15, 0.2) is 133 Å². The molecule has 0 atom stereocenters. The fraction of sp³-hybridized carbons (Fsp3) is 0. The lowest BCUT2D eigenvalue weighted by Crippen LogP contribution is -2.16. The van der Waals surface area contributed by atoms with Gasteiger partial charge >= 0.3 is 12.2 Å². The van der Waals surface area contributed by atoms with Gasteiger partial charge in [0.1, 0.15) is 23.0 Å². The van der Waals surface area contributed by atoms with Crippen molar-refractivity contribution in [2.75, 3.05) is 10.6 Å². The average molecular weight is 705 g/mol. The van der Waals surface area contributed by atoms with Crippen LogP contribution in [-0.2, 0) is 0 Å². The van der Waals surface area contributed by atoms with Crippen LogP contribution in [0.25, 0.3) is 21.5 Å². The highest BCUT2D eigenvalue weighted by atomic mass is 19.2. The highest BCUT2D eigenvalue weighted by molar-refractivity contribution is 5.89. The number of fused-ring (bicyclic) bond motifs is 2. The molecule has 2 amide bonds. The minimum absolute atomic E-state index is 0.194. The van der Waals surface area contributed by atoms with Gasteiger partial charge in [0.25, 0.3) is 0 Å². The van der Waals surface area contributed by atoms with Gasteiger partial charge in [-0.3, -0.25) is 10.6 Å². The van der Waals surface area contributed by atoms with Crippen LogP contribution in [0.1, 0.15) is 0 Å². The van der Waals surface area contributed by atoms with Crippen molar-refractivity contribution in [1.82, 2.24) is 0 Å². The molecule has 7 aromatic rings. The summed E-state index contributed by atoms with van der Waals surface area (Å²) in [7, 11) is 0. The molecule has 12 heteroatoms. The second kappa shape index (κ2) is 14.4. The van der Waals surface area contributed by atoms with Gasteiger partial charge in [0.05, 0.1) is 0 Å². The van der Waals surface area contributed by atoms with Gasteiger partial charge in [-0.15, -0.1) is 0 Å². The molecule has 0 aliphatic heterocycles. The highest BCUT2D eigenvalue weighted by Crippen LogP contribution is 2.39. The zero-order valence-electron chi connectivity index (χ0n) is 26.7. The van der Waals surface area contributed by atoms with Crippen molar-refractivity contribution >= 4 is 45.1 Å². The molecule has 0 fully saturated rings. The maximum absolute atomic E-state index is 15.0. The first-order valence-corrected chi connectivity index (χ1v) is 15.6. The third-order valence-electron chi connectivity index (χ3n) is 7.69. The zero-order valence-corrected chi connectivity index (χ0v) is 26.7. The van der Waals surface area contributed by atoms with E-state index in [1.165, 1.54) is 48.5 Å². The monoisotopic (exact) mass is 704 g/mol. The largest absolute Gasteiger partial charge is 0.451 e. The summed E-state index contributed by atoms with van der Waals surface area (Å²) in [6.07, 6.45) is -1.60. The van der Waals surface area contributed by atoms with E-state index < -0.39 is 47.0 Å². The van der Waals surface area contributed by atoms with Gasteiger partial charge in [0.2, 0.25) is 34.8 Å². The van der Waals surface area contributed by atoms with Crippen LogP contribution >= 0.6 is 0 Å². The predicted molar refractivity (Wildman–Crippen MR) is 186 cm³/mol. The van der Waals surface area contributed by atoms with Crippen molar-refractivity contribution in [1.29, 1.82) is 0 Å². The van der Waals surface area contributed by atoms with Gasteiger partial charge < -0.3 is 18.9 Å². The predicted octanol–water partition coefficient (Wildman–Crippen LogP) is 11.4. The maximum atomic E-state index is 15.0. The molecular weight excluding hydrogens is 680 g/mol. The van der Waals surface area contributed by atoms with Crippen LogP contribution in [0.4, 0.5) is 38.5 Å². The van der Waals surface area contributed by atoms with Crippen LogP contribution in [0.5, 0.6) is 34.5 Å². The maximum Gasteiger partial charge on any atom is 0.417 e. The number of hydrogen-bond acceptors (Lipinski definition) is 6. The zero-order chi connectivity index (χ0) is 36.2. The molecule has 0 bridgehead atoms. The second-order valence-electron chi connectivity index (χ2n) is 11.2. The Balaban J connectivity index is 0.966. The SMILES string of the molecule is O=C(Nc1ccc(Oc2c(F)c(F)c(Oc3ccc(NC(=O)Oc4ccc5ccccc5c4)cc3)c(F)c2F)cc1)Oc1ccc2ccccc2c1. The molecule has 0 saturated heterocycles. The Kier molecular flexibility index (Phi) is 9.26. The van der Waals surface area contributed by atoms with Crippen molar-refractivity contribution in [3.05, 3.63) is 157 Å². The molecule has 0 aliphatic rings. The molecule has 0 unspecified atom stereocenters. The minimum atomic E-state index is -1.84. The molecule has 2 N–H and O–H groups in total. The molecule has 7 rings (SSSR count). The Morgan fingerprint density at radius 2 is 0.731 bits per heavy atom. The summed E-state index contributed by atoms with van der Waals surface area (Å²) >= 11 is 0. The number of anilines is 2. The third kappa shape index (κ3) is 7.41. The third-order valence-corrected chi connectivity index (χ3v) is 7.69. The van der Waals surface area contributed by atoms with E-state index in [0.717, 1.165) is 21.5 Å².